The van der Waals surface area contributed by atoms with Gasteiger partial charge >= 0.3 is 0 Å². The van der Waals surface area contributed by atoms with Gasteiger partial charge in [-0.15, -0.1) is 0 Å². The molecule has 0 bridgehead atoms. The first kappa shape index (κ1) is 18.2. The van der Waals surface area contributed by atoms with Crippen molar-refractivity contribution in [1.82, 2.24) is 9.80 Å². The average Bonchev–Trinajstić information content (AvgIpc) is 3.13. The Morgan fingerprint density at radius 1 is 1.08 bits per heavy atom. The molecule has 132 valence electrons. The lowest BCUT2D eigenvalue weighted by Gasteiger charge is -2.34. The zero-order valence-corrected chi connectivity index (χ0v) is 16.0. The van der Waals surface area contributed by atoms with Gasteiger partial charge in [0, 0.05) is 50.1 Å². The van der Waals surface area contributed by atoms with Gasteiger partial charge < -0.3 is 4.90 Å². The Hall–Kier alpha value is -0.650. The van der Waals surface area contributed by atoms with Gasteiger partial charge in [0.15, 0.2) is 0 Å². The van der Waals surface area contributed by atoms with Gasteiger partial charge in [-0.1, -0.05) is 58.3 Å². The van der Waals surface area contributed by atoms with Gasteiger partial charge in [-0.05, 0) is 24.8 Å². The van der Waals surface area contributed by atoms with E-state index in [9.17, 15) is 4.79 Å². The highest BCUT2D eigenvalue weighted by molar-refractivity contribution is 8.77. The number of amides is 1. The highest BCUT2D eigenvalue weighted by Gasteiger charge is 2.21. The van der Waals surface area contributed by atoms with Crippen molar-refractivity contribution in [3.8, 4) is 0 Å². The molecule has 3 rings (SSSR count). The standard InChI is InChI=1S/C19H28N2OS2/c22-19(9-5-4-8-18-10-15-23-24-18)21-13-11-20(12-14-21)16-17-6-2-1-3-7-17/h1-3,6-7,18H,4-5,8-16H2/t18-/m0/s1. The Balaban J connectivity index is 1.30. The van der Waals surface area contributed by atoms with Crippen molar-refractivity contribution in [3.05, 3.63) is 35.9 Å². The molecule has 0 unspecified atom stereocenters. The predicted molar refractivity (Wildman–Crippen MR) is 105 cm³/mol. The summed E-state index contributed by atoms with van der Waals surface area (Å²) < 4.78 is 0. The van der Waals surface area contributed by atoms with E-state index in [4.69, 9.17) is 0 Å². The topological polar surface area (TPSA) is 23.6 Å². The minimum absolute atomic E-state index is 0.364. The minimum Gasteiger partial charge on any atom is -0.340 e. The molecule has 0 N–H and O–H groups in total. The van der Waals surface area contributed by atoms with Crippen LogP contribution in [0.4, 0.5) is 0 Å². The molecule has 2 saturated heterocycles. The van der Waals surface area contributed by atoms with Crippen molar-refractivity contribution < 1.29 is 4.79 Å². The van der Waals surface area contributed by atoms with E-state index in [1.54, 1.807) is 0 Å². The van der Waals surface area contributed by atoms with E-state index >= 15 is 0 Å². The fraction of sp³-hybridized carbons (Fsp3) is 0.632. The van der Waals surface area contributed by atoms with Crippen molar-refractivity contribution in [2.75, 3.05) is 31.9 Å². The Labute approximate surface area is 153 Å². The summed E-state index contributed by atoms with van der Waals surface area (Å²) in [7, 11) is 4.05. The number of hydrogen-bond acceptors (Lipinski definition) is 4. The molecule has 1 amide bonds. The summed E-state index contributed by atoms with van der Waals surface area (Å²) >= 11 is 0. The van der Waals surface area contributed by atoms with Gasteiger partial charge in [0.25, 0.3) is 0 Å². The summed E-state index contributed by atoms with van der Waals surface area (Å²) in [6, 6.07) is 10.6. The summed E-state index contributed by atoms with van der Waals surface area (Å²) in [5.41, 5.74) is 1.36. The molecule has 1 aromatic carbocycles. The summed E-state index contributed by atoms with van der Waals surface area (Å²) in [5, 5.41) is 0.839. The van der Waals surface area contributed by atoms with Gasteiger partial charge in [0.2, 0.25) is 5.91 Å². The molecule has 0 radical (unpaired) electrons. The maximum absolute atomic E-state index is 12.4. The quantitative estimate of drug-likeness (QED) is 0.538. The molecular formula is C19H28N2OS2. The van der Waals surface area contributed by atoms with Crippen LogP contribution >= 0.6 is 21.6 Å². The Bertz CT molecular complexity index is 497. The van der Waals surface area contributed by atoms with E-state index in [1.165, 1.54) is 30.6 Å². The second kappa shape index (κ2) is 9.73. The fourth-order valence-electron chi connectivity index (χ4n) is 3.37. The molecule has 2 aliphatic rings. The first-order valence-corrected chi connectivity index (χ1v) is 11.5. The van der Waals surface area contributed by atoms with Crippen molar-refractivity contribution in [2.24, 2.45) is 0 Å². The zero-order valence-electron chi connectivity index (χ0n) is 14.4. The smallest absolute Gasteiger partial charge is 0.222 e. The molecule has 2 aliphatic heterocycles. The normalized spacial score (nSPS) is 22.0. The number of benzene rings is 1. The maximum Gasteiger partial charge on any atom is 0.222 e. The molecule has 0 spiro atoms. The van der Waals surface area contributed by atoms with Crippen molar-refractivity contribution in [2.45, 2.75) is 43.9 Å². The summed E-state index contributed by atoms with van der Waals surface area (Å²) in [5.74, 6) is 1.67. The molecule has 0 aromatic heterocycles. The summed E-state index contributed by atoms with van der Waals surface area (Å²) in [6.07, 6.45) is 5.65. The number of piperazine rings is 1. The Morgan fingerprint density at radius 3 is 2.58 bits per heavy atom. The van der Waals surface area contributed by atoms with Crippen molar-refractivity contribution in [1.29, 1.82) is 0 Å². The summed E-state index contributed by atoms with van der Waals surface area (Å²) in [4.78, 5) is 16.9. The van der Waals surface area contributed by atoms with E-state index in [2.05, 4.69) is 40.1 Å². The lowest BCUT2D eigenvalue weighted by atomic mass is 10.1. The third-order valence-electron chi connectivity index (χ3n) is 4.87. The first-order chi connectivity index (χ1) is 11.8. The van der Waals surface area contributed by atoms with E-state index in [-0.39, 0.29) is 0 Å². The molecule has 3 nitrogen and oxygen atoms in total. The van der Waals surface area contributed by atoms with Gasteiger partial charge in [0.1, 0.15) is 0 Å². The molecule has 1 aromatic rings. The van der Waals surface area contributed by atoms with E-state index in [1.807, 2.05) is 21.6 Å². The van der Waals surface area contributed by atoms with Crippen LogP contribution in [0, 0.1) is 0 Å². The number of carbonyl (C=O) groups is 1. The van der Waals surface area contributed by atoms with Crippen LogP contribution in [0.5, 0.6) is 0 Å². The predicted octanol–water partition coefficient (Wildman–Crippen LogP) is 4.04. The minimum atomic E-state index is 0.364. The van der Waals surface area contributed by atoms with Crippen LogP contribution in [0.25, 0.3) is 0 Å². The number of carbonyl (C=O) groups excluding carboxylic acids is 1. The molecule has 0 aliphatic carbocycles. The van der Waals surface area contributed by atoms with Crippen LogP contribution in [-0.4, -0.2) is 52.9 Å². The van der Waals surface area contributed by atoms with E-state index in [0.29, 0.717) is 5.91 Å². The van der Waals surface area contributed by atoms with Crippen LogP contribution in [-0.2, 0) is 11.3 Å². The van der Waals surface area contributed by atoms with Gasteiger partial charge in [0.05, 0.1) is 0 Å². The third kappa shape index (κ3) is 5.71. The number of rotatable bonds is 7. The van der Waals surface area contributed by atoms with Crippen LogP contribution in [0.1, 0.15) is 37.7 Å². The Morgan fingerprint density at radius 2 is 1.88 bits per heavy atom. The van der Waals surface area contributed by atoms with Crippen LogP contribution in [0.2, 0.25) is 0 Å². The highest BCUT2D eigenvalue weighted by atomic mass is 33.1. The third-order valence-corrected chi connectivity index (χ3v) is 7.87. The zero-order chi connectivity index (χ0) is 16.6. The monoisotopic (exact) mass is 364 g/mol. The Kier molecular flexibility index (Phi) is 7.36. The molecule has 0 saturated carbocycles. The fourth-order valence-corrected chi connectivity index (χ4v) is 6.40. The van der Waals surface area contributed by atoms with Crippen LogP contribution in [0.3, 0.4) is 0 Å². The highest BCUT2D eigenvalue weighted by Crippen LogP contribution is 2.39. The SMILES string of the molecule is O=C(CCCC[C@H]1CCSS1)N1CCN(Cc2ccccc2)CC1. The van der Waals surface area contributed by atoms with E-state index < -0.39 is 0 Å². The van der Waals surface area contributed by atoms with Crippen molar-refractivity contribution in [3.63, 3.8) is 0 Å². The lowest BCUT2D eigenvalue weighted by molar-refractivity contribution is -0.133. The molecule has 1 atom stereocenters. The van der Waals surface area contributed by atoms with Gasteiger partial charge in [-0.2, -0.15) is 0 Å². The molecular weight excluding hydrogens is 336 g/mol. The largest absolute Gasteiger partial charge is 0.340 e. The second-order valence-corrected chi connectivity index (χ2v) is 9.50. The van der Waals surface area contributed by atoms with Gasteiger partial charge in [-0.3, -0.25) is 9.69 Å². The van der Waals surface area contributed by atoms with E-state index in [0.717, 1.165) is 50.8 Å². The molecule has 5 heteroatoms. The number of hydrogen-bond donors (Lipinski definition) is 0. The first-order valence-electron chi connectivity index (χ1n) is 9.13. The second-order valence-electron chi connectivity index (χ2n) is 6.72. The summed E-state index contributed by atoms with van der Waals surface area (Å²) in [6.45, 7) is 4.77. The lowest BCUT2D eigenvalue weighted by Crippen LogP contribution is -2.48. The molecule has 2 heterocycles. The van der Waals surface area contributed by atoms with Crippen LogP contribution < -0.4 is 0 Å². The maximum atomic E-state index is 12.4. The van der Waals surface area contributed by atoms with Crippen molar-refractivity contribution >= 4 is 27.5 Å². The number of unbranched alkanes of at least 4 members (excludes halogenated alkanes) is 1. The van der Waals surface area contributed by atoms with Crippen LogP contribution in [0.15, 0.2) is 30.3 Å². The van der Waals surface area contributed by atoms with Gasteiger partial charge in [-0.25, -0.2) is 0 Å². The molecule has 2 fully saturated rings. The number of nitrogens with zero attached hydrogens (tertiary/aromatic N) is 2. The average molecular weight is 365 g/mol. The molecule has 24 heavy (non-hydrogen) atoms.